The minimum Gasteiger partial charge on any atom is -0.370 e. The van der Waals surface area contributed by atoms with Crippen LogP contribution in [0.5, 0.6) is 0 Å². The van der Waals surface area contributed by atoms with E-state index in [1.807, 2.05) is 12.1 Å². The molecule has 1 aromatic rings. The molecule has 0 saturated carbocycles. The van der Waals surface area contributed by atoms with Crippen molar-refractivity contribution in [2.45, 2.75) is 33.1 Å². The van der Waals surface area contributed by atoms with Crippen molar-refractivity contribution in [3.8, 4) is 12.3 Å². The SMILES string of the molecule is C#CCCCCN=C(N)Nc1cc(C)cc(C)c1. The molecule has 96 valence electrons. The normalized spacial score (nSPS) is 11.1. The van der Waals surface area contributed by atoms with Crippen molar-refractivity contribution < 1.29 is 0 Å². The van der Waals surface area contributed by atoms with Crippen molar-refractivity contribution >= 4 is 11.6 Å². The molecule has 0 aliphatic rings. The van der Waals surface area contributed by atoms with Crippen LogP contribution in [0.2, 0.25) is 0 Å². The fraction of sp³-hybridized carbons (Fsp3) is 0.400. The summed E-state index contributed by atoms with van der Waals surface area (Å²) in [7, 11) is 0. The Balaban J connectivity index is 2.46. The van der Waals surface area contributed by atoms with Crippen LogP contribution >= 0.6 is 0 Å². The van der Waals surface area contributed by atoms with Crippen LogP contribution in [-0.2, 0) is 0 Å². The Labute approximate surface area is 110 Å². The number of nitrogens with two attached hydrogens (primary N) is 1. The number of benzene rings is 1. The summed E-state index contributed by atoms with van der Waals surface area (Å²) in [6, 6.07) is 6.22. The van der Waals surface area contributed by atoms with Crippen LogP contribution < -0.4 is 11.1 Å². The maximum atomic E-state index is 5.82. The van der Waals surface area contributed by atoms with E-state index in [1.165, 1.54) is 11.1 Å². The van der Waals surface area contributed by atoms with E-state index in [0.29, 0.717) is 12.5 Å². The largest absolute Gasteiger partial charge is 0.370 e. The molecule has 18 heavy (non-hydrogen) atoms. The number of rotatable bonds is 5. The zero-order valence-corrected chi connectivity index (χ0v) is 11.2. The van der Waals surface area contributed by atoms with Crippen molar-refractivity contribution in [2.75, 3.05) is 11.9 Å². The Hall–Kier alpha value is -1.95. The average Bonchev–Trinajstić information content (AvgIpc) is 2.27. The molecule has 0 heterocycles. The zero-order chi connectivity index (χ0) is 13.4. The molecule has 0 fully saturated rings. The summed E-state index contributed by atoms with van der Waals surface area (Å²) in [6.07, 6.45) is 7.95. The lowest BCUT2D eigenvalue weighted by Crippen LogP contribution is -2.23. The molecule has 0 bridgehead atoms. The predicted octanol–water partition coefficient (Wildman–Crippen LogP) is 2.83. The summed E-state index contributed by atoms with van der Waals surface area (Å²) in [5.41, 5.74) is 9.22. The van der Waals surface area contributed by atoms with Crippen LogP contribution in [0.4, 0.5) is 5.69 Å². The van der Waals surface area contributed by atoms with Gasteiger partial charge in [0, 0.05) is 18.7 Å². The van der Waals surface area contributed by atoms with Crippen LogP contribution in [0, 0.1) is 26.2 Å². The summed E-state index contributed by atoms with van der Waals surface area (Å²) >= 11 is 0. The Morgan fingerprint density at radius 1 is 1.28 bits per heavy atom. The lowest BCUT2D eigenvalue weighted by atomic mass is 10.1. The maximum absolute atomic E-state index is 5.82. The number of hydrogen-bond acceptors (Lipinski definition) is 1. The van der Waals surface area contributed by atoms with Gasteiger partial charge >= 0.3 is 0 Å². The van der Waals surface area contributed by atoms with Gasteiger partial charge in [-0.2, -0.15) is 0 Å². The minimum absolute atomic E-state index is 0.459. The predicted molar refractivity (Wildman–Crippen MR) is 78.7 cm³/mol. The molecule has 3 N–H and O–H groups in total. The molecule has 3 nitrogen and oxygen atoms in total. The van der Waals surface area contributed by atoms with E-state index in [4.69, 9.17) is 12.2 Å². The van der Waals surface area contributed by atoms with Gasteiger partial charge in [0.05, 0.1) is 0 Å². The first-order valence-electron chi connectivity index (χ1n) is 6.20. The first kappa shape index (κ1) is 14.1. The van der Waals surface area contributed by atoms with Crippen molar-refractivity contribution in [1.82, 2.24) is 0 Å². The van der Waals surface area contributed by atoms with E-state index in [9.17, 15) is 0 Å². The van der Waals surface area contributed by atoms with Gasteiger partial charge in [0.15, 0.2) is 5.96 Å². The molecule has 0 atom stereocenters. The van der Waals surface area contributed by atoms with Gasteiger partial charge in [-0.15, -0.1) is 12.3 Å². The highest BCUT2D eigenvalue weighted by molar-refractivity contribution is 5.92. The second-order valence-corrected chi connectivity index (χ2v) is 4.43. The molecule has 0 saturated heterocycles. The molecule has 0 aromatic heterocycles. The van der Waals surface area contributed by atoms with Gasteiger partial charge < -0.3 is 11.1 Å². The Bertz CT molecular complexity index is 435. The molecule has 1 aromatic carbocycles. The highest BCUT2D eigenvalue weighted by atomic mass is 15.1. The highest BCUT2D eigenvalue weighted by Crippen LogP contribution is 2.13. The Morgan fingerprint density at radius 3 is 2.56 bits per heavy atom. The van der Waals surface area contributed by atoms with E-state index in [1.54, 1.807) is 0 Å². The van der Waals surface area contributed by atoms with Crippen LogP contribution in [-0.4, -0.2) is 12.5 Å². The number of terminal acetylenes is 1. The number of aliphatic imine (C=N–C) groups is 1. The van der Waals surface area contributed by atoms with Crippen LogP contribution in [0.15, 0.2) is 23.2 Å². The number of aryl methyl sites for hydroxylation is 2. The third-order valence-corrected chi connectivity index (χ3v) is 2.51. The van der Waals surface area contributed by atoms with Crippen molar-refractivity contribution in [2.24, 2.45) is 10.7 Å². The Morgan fingerprint density at radius 2 is 1.94 bits per heavy atom. The number of anilines is 1. The standard InChI is InChI=1S/C15H21N3/c1-4-5-6-7-8-17-15(16)18-14-10-12(2)9-13(3)11-14/h1,9-11H,5-8H2,2-3H3,(H3,16,17,18). The second-order valence-electron chi connectivity index (χ2n) is 4.43. The highest BCUT2D eigenvalue weighted by Gasteiger charge is 1.97. The van der Waals surface area contributed by atoms with Crippen molar-refractivity contribution in [3.63, 3.8) is 0 Å². The number of nitrogens with zero attached hydrogens (tertiary/aromatic N) is 1. The average molecular weight is 243 g/mol. The Kier molecular flexibility index (Phi) is 5.79. The number of hydrogen-bond donors (Lipinski definition) is 2. The molecule has 0 radical (unpaired) electrons. The number of nitrogens with one attached hydrogen (secondary N) is 1. The van der Waals surface area contributed by atoms with Gasteiger partial charge in [0.2, 0.25) is 0 Å². The number of guanidine groups is 1. The molecule has 0 aliphatic heterocycles. The summed E-state index contributed by atoms with van der Waals surface area (Å²) in [5, 5.41) is 3.10. The first-order chi connectivity index (χ1) is 8.61. The summed E-state index contributed by atoms with van der Waals surface area (Å²) < 4.78 is 0. The van der Waals surface area contributed by atoms with Crippen LogP contribution in [0.3, 0.4) is 0 Å². The minimum atomic E-state index is 0.459. The first-order valence-corrected chi connectivity index (χ1v) is 6.20. The monoisotopic (exact) mass is 243 g/mol. The fourth-order valence-corrected chi connectivity index (χ4v) is 1.77. The van der Waals surface area contributed by atoms with Gasteiger partial charge in [-0.1, -0.05) is 6.07 Å². The van der Waals surface area contributed by atoms with Crippen LogP contribution in [0.25, 0.3) is 0 Å². The molecule has 0 unspecified atom stereocenters. The molecule has 1 rings (SSSR count). The van der Waals surface area contributed by atoms with E-state index in [-0.39, 0.29) is 0 Å². The van der Waals surface area contributed by atoms with Gasteiger partial charge in [-0.3, -0.25) is 4.99 Å². The zero-order valence-electron chi connectivity index (χ0n) is 11.2. The summed E-state index contributed by atoms with van der Waals surface area (Å²) in [5.74, 6) is 3.07. The molecule has 0 aliphatic carbocycles. The second kappa shape index (κ2) is 7.39. The van der Waals surface area contributed by atoms with E-state index in [0.717, 1.165) is 24.9 Å². The van der Waals surface area contributed by atoms with Gasteiger partial charge in [0.25, 0.3) is 0 Å². The van der Waals surface area contributed by atoms with Crippen LogP contribution in [0.1, 0.15) is 30.4 Å². The van der Waals surface area contributed by atoms with Gasteiger partial charge in [-0.25, -0.2) is 0 Å². The molecular weight excluding hydrogens is 222 g/mol. The molecule has 3 heteroatoms. The topological polar surface area (TPSA) is 50.4 Å². The van der Waals surface area contributed by atoms with Gasteiger partial charge in [-0.05, 0) is 49.9 Å². The van der Waals surface area contributed by atoms with E-state index < -0.39 is 0 Å². The fourth-order valence-electron chi connectivity index (χ4n) is 1.77. The molecule has 0 spiro atoms. The third kappa shape index (κ3) is 5.40. The summed E-state index contributed by atoms with van der Waals surface area (Å²) in [4.78, 5) is 4.27. The lowest BCUT2D eigenvalue weighted by Gasteiger charge is -2.07. The van der Waals surface area contributed by atoms with Gasteiger partial charge in [0.1, 0.15) is 0 Å². The lowest BCUT2D eigenvalue weighted by molar-refractivity contribution is 0.768. The van der Waals surface area contributed by atoms with Crippen molar-refractivity contribution in [1.29, 1.82) is 0 Å². The quantitative estimate of drug-likeness (QED) is 0.361. The van der Waals surface area contributed by atoms with Crippen molar-refractivity contribution in [3.05, 3.63) is 29.3 Å². The number of unbranched alkanes of at least 4 members (excludes halogenated alkanes) is 2. The summed E-state index contributed by atoms with van der Waals surface area (Å²) in [6.45, 7) is 4.84. The molecule has 0 amide bonds. The van der Waals surface area contributed by atoms with E-state index >= 15 is 0 Å². The third-order valence-electron chi connectivity index (χ3n) is 2.51. The van der Waals surface area contributed by atoms with E-state index in [2.05, 4.69) is 36.1 Å². The maximum Gasteiger partial charge on any atom is 0.193 e. The molecular formula is C15H21N3. The smallest absolute Gasteiger partial charge is 0.193 e.